The molecule has 0 unspecified atom stereocenters. The number of amides is 1. The van der Waals surface area contributed by atoms with Crippen molar-refractivity contribution in [3.63, 3.8) is 0 Å². The van der Waals surface area contributed by atoms with Crippen LogP contribution in [0.4, 0.5) is 0 Å². The maximum Gasteiger partial charge on any atom is 0.274 e. The molecular weight excluding hydrogens is 242 g/mol. The van der Waals surface area contributed by atoms with Crippen molar-refractivity contribution in [2.75, 3.05) is 0 Å². The van der Waals surface area contributed by atoms with Crippen molar-refractivity contribution < 1.29 is 14.7 Å². The van der Waals surface area contributed by atoms with E-state index in [2.05, 4.69) is 5.48 Å². The van der Waals surface area contributed by atoms with Crippen LogP contribution in [0.15, 0.2) is 54.6 Å². The number of hydrogen-bond acceptors (Lipinski definition) is 3. The highest BCUT2D eigenvalue weighted by molar-refractivity contribution is 5.93. The Bertz CT molecular complexity index is 509. The van der Waals surface area contributed by atoms with Gasteiger partial charge in [0.2, 0.25) is 0 Å². The number of nitrogens with one attached hydrogen (secondary N) is 1. The smallest absolute Gasteiger partial charge is 0.274 e. The van der Waals surface area contributed by atoms with Crippen LogP contribution >= 0.6 is 0 Å². The van der Waals surface area contributed by atoms with Gasteiger partial charge < -0.3 is 5.11 Å². The number of carbonyl (C=O) groups excluding carboxylic acids is 1. The largest absolute Gasteiger partial charge is 0.508 e. The molecular formula is C15H17NO3. The number of benzene rings is 2. The van der Waals surface area contributed by atoms with Gasteiger partial charge in [0, 0.05) is 5.56 Å². The number of phenolic OH excluding ortho intramolecular Hbond substituents is 1. The second kappa shape index (κ2) is 7.18. The molecule has 2 aromatic rings. The molecule has 1 amide bonds. The van der Waals surface area contributed by atoms with Crippen LogP contribution in [0.5, 0.6) is 5.75 Å². The Balaban J connectivity index is 0.00000180. The summed E-state index contributed by atoms with van der Waals surface area (Å²) in [4.78, 5) is 16.7. The lowest BCUT2D eigenvalue weighted by atomic mass is 10.2. The van der Waals surface area contributed by atoms with Crippen molar-refractivity contribution in [3.8, 4) is 5.75 Å². The maximum absolute atomic E-state index is 11.6. The lowest BCUT2D eigenvalue weighted by Gasteiger charge is -2.06. The lowest BCUT2D eigenvalue weighted by molar-refractivity contribution is 0.0233. The zero-order valence-corrected chi connectivity index (χ0v) is 9.67. The van der Waals surface area contributed by atoms with E-state index in [0.717, 1.165) is 5.56 Å². The van der Waals surface area contributed by atoms with Gasteiger partial charge in [0.25, 0.3) is 5.91 Å². The molecule has 0 radical (unpaired) electrons. The molecule has 0 saturated carbocycles. The number of carbonyl (C=O) groups is 1. The average Bonchev–Trinajstić information content (AvgIpc) is 2.40. The first kappa shape index (κ1) is 14.7. The first-order valence-electron chi connectivity index (χ1n) is 5.51. The minimum absolute atomic E-state index is 0. The van der Waals surface area contributed by atoms with Crippen molar-refractivity contribution in [1.82, 2.24) is 5.48 Å². The highest BCUT2D eigenvalue weighted by Gasteiger charge is 2.04. The zero-order valence-electron chi connectivity index (χ0n) is 9.67. The molecule has 2 N–H and O–H groups in total. The number of hydrogen-bond donors (Lipinski definition) is 2. The maximum atomic E-state index is 11.6. The molecule has 4 nitrogen and oxygen atoms in total. The molecule has 0 fully saturated rings. The summed E-state index contributed by atoms with van der Waals surface area (Å²) >= 11 is 0. The van der Waals surface area contributed by atoms with Crippen LogP contribution in [-0.4, -0.2) is 11.0 Å². The zero-order chi connectivity index (χ0) is 12.8. The molecule has 0 atom stereocenters. The Kier molecular flexibility index (Phi) is 5.57. The molecule has 0 aromatic heterocycles. The molecule has 0 aliphatic rings. The van der Waals surface area contributed by atoms with Gasteiger partial charge in [-0.25, -0.2) is 5.48 Å². The number of aromatic hydroxyl groups is 1. The molecule has 0 aliphatic carbocycles. The SMILES string of the molecule is C.O=C(NOCc1ccccc1)c1ccc(O)cc1. The van der Waals surface area contributed by atoms with Crippen LogP contribution in [0.25, 0.3) is 0 Å². The molecule has 0 bridgehead atoms. The van der Waals surface area contributed by atoms with E-state index in [1.807, 2.05) is 30.3 Å². The molecule has 4 heteroatoms. The summed E-state index contributed by atoms with van der Waals surface area (Å²) in [6, 6.07) is 15.5. The number of phenols is 1. The van der Waals surface area contributed by atoms with Crippen LogP contribution in [0.1, 0.15) is 23.3 Å². The van der Waals surface area contributed by atoms with Gasteiger partial charge in [-0.1, -0.05) is 37.8 Å². The fraction of sp³-hybridized carbons (Fsp3) is 0.133. The molecule has 2 aromatic carbocycles. The third-order valence-electron chi connectivity index (χ3n) is 2.38. The van der Waals surface area contributed by atoms with Gasteiger partial charge in [-0.15, -0.1) is 0 Å². The molecule has 2 rings (SSSR count). The van der Waals surface area contributed by atoms with Gasteiger partial charge in [0.05, 0.1) is 6.61 Å². The van der Waals surface area contributed by atoms with E-state index in [1.165, 1.54) is 24.3 Å². The van der Waals surface area contributed by atoms with E-state index in [1.54, 1.807) is 0 Å². The first-order valence-corrected chi connectivity index (χ1v) is 5.51. The summed E-state index contributed by atoms with van der Waals surface area (Å²) in [5, 5.41) is 9.10. The van der Waals surface area contributed by atoms with E-state index in [-0.39, 0.29) is 19.1 Å². The number of rotatable bonds is 4. The van der Waals surface area contributed by atoms with Gasteiger partial charge in [0.15, 0.2) is 0 Å². The summed E-state index contributed by atoms with van der Waals surface area (Å²) in [5.74, 6) is -0.220. The third-order valence-corrected chi connectivity index (χ3v) is 2.38. The standard InChI is InChI=1S/C14H13NO3.CH4/c16-13-8-6-12(7-9-13)14(17)15-18-10-11-4-2-1-3-5-11;/h1-9,16H,10H2,(H,15,17);1H4. The Morgan fingerprint density at radius 1 is 1.05 bits per heavy atom. The normalized spacial score (nSPS) is 9.47. The minimum Gasteiger partial charge on any atom is -0.508 e. The molecule has 0 aliphatic heterocycles. The third kappa shape index (κ3) is 4.44. The highest BCUT2D eigenvalue weighted by Crippen LogP contribution is 2.09. The molecule has 19 heavy (non-hydrogen) atoms. The topological polar surface area (TPSA) is 58.6 Å². The van der Waals surface area contributed by atoms with E-state index < -0.39 is 0 Å². The quantitative estimate of drug-likeness (QED) is 0.830. The second-order valence-corrected chi connectivity index (χ2v) is 3.75. The van der Waals surface area contributed by atoms with Crippen molar-refractivity contribution in [3.05, 3.63) is 65.7 Å². The van der Waals surface area contributed by atoms with Crippen LogP contribution in [0.3, 0.4) is 0 Å². The first-order chi connectivity index (χ1) is 8.75. The fourth-order valence-corrected chi connectivity index (χ4v) is 1.43. The summed E-state index contributed by atoms with van der Waals surface area (Å²) in [5.41, 5.74) is 3.75. The van der Waals surface area contributed by atoms with Gasteiger partial charge in [-0.2, -0.15) is 0 Å². The van der Waals surface area contributed by atoms with E-state index in [9.17, 15) is 4.79 Å². The van der Waals surface area contributed by atoms with Crippen LogP contribution in [-0.2, 0) is 11.4 Å². The molecule has 100 valence electrons. The van der Waals surface area contributed by atoms with Gasteiger partial charge in [0.1, 0.15) is 5.75 Å². The predicted octanol–water partition coefficient (Wildman–Crippen LogP) is 2.89. The molecule has 0 spiro atoms. The average molecular weight is 259 g/mol. The number of hydroxylamine groups is 1. The van der Waals surface area contributed by atoms with Crippen LogP contribution in [0, 0.1) is 0 Å². The van der Waals surface area contributed by atoms with Crippen molar-refractivity contribution in [2.24, 2.45) is 0 Å². The van der Waals surface area contributed by atoms with E-state index >= 15 is 0 Å². The second-order valence-electron chi connectivity index (χ2n) is 3.75. The Morgan fingerprint density at radius 3 is 2.32 bits per heavy atom. The summed E-state index contributed by atoms with van der Waals surface area (Å²) in [7, 11) is 0. The monoisotopic (exact) mass is 259 g/mol. The minimum atomic E-state index is -0.342. The Labute approximate surface area is 112 Å². The highest BCUT2D eigenvalue weighted by atomic mass is 16.6. The summed E-state index contributed by atoms with van der Waals surface area (Å²) in [6.45, 7) is 0.310. The summed E-state index contributed by atoms with van der Waals surface area (Å²) in [6.07, 6.45) is 0. The van der Waals surface area contributed by atoms with Gasteiger partial charge in [-0.05, 0) is 29.8 Å². The van der Waals surface area contributed by atoms with E-state index in [4.69, 9.17) is 9.94 Å². The van der Waals surface area contributed by atoms with Crippen LogP contribution < -0.4 is 5.48 Å². The Hall–Kier alpha value is -2.33. The molecule has 0 saturated heterocycles. The lowest BCUT2D eigenvalue weighted by Crippen LogP contribution is -2.23. The van der Waals surface area contributed by atoms with Gasteiger partial charge in [-0.3, -0.25) is 9.63 Å². The van der Waals surface area contributed by atoms with Crippen molar-refractivity contribution in [2.45, 2.75) is 14.0 Å². The van der Waals surface area contributed by atoms with E-state index in [0.29, 0.717) is 12.2 Å². The van der Waals surface area contributed by atoms with Crippen LogP contribution in [0.2, 0.25) is 0 Å². The van der Waals surface area contributed by atoms with Gasteiger partial charge >= 0.3 is 0 Å². The van der Waals surface area contributed by atoms with Crippen molar-refractivity contribution in [1.29, 1.82) is 0 Å². The fourth-order valence-electron chi connectivity index (χ4n) is 1.43. The summed E-state index contributed by atoms with van der Waals surface area (Å²) < 4.78 is 0. The van der Waals surface area contributed by atoms with Crippen molar-refractivity contribution >= 4 is 5.91 Å². The predicted molar refractivity (Wildman–Crippen MR) is 73.5 cm³/mol. The Morgan fingerprint density at radius 2 is 1.68 bits per heavy atom. The molecule has 0 heterocycles.